The number of nitrogen functional groups attached to an aromatic ring is 1. The lowest BCUT2D eigenvalue weighted by Crippen LogP contribution is -2.34. The van der Waals surface area contributed by atoms with E-state index in [1.54, 1.807) is 25.1 Å². The molecule has 1 amide bonds. The second kappa shape index (κ2) is 7.37. The molecule has 0 aliphatic carbocycles. The summed E-state index contributed by atoms with van der Waals surface area (Å²) in [4.78, 5) is 23.2. The van der Waals surface area contributed by atoms with E-state index in [1.165, 1.54) is 0 Å². The van der Waals surface area contributed by atoms with E-state index in [2.05, 4.69) is 10.6 Å². The maximum absolute atomic E-state index is 11.7. The van der Waals surface area contributed by atoms with Gasteiger partial charge in [-0.2, -0.15) is 0 Å². The van der Waals surface area contributed by atoms with Gasteiger partial charge in [0.2, 0.25) is 5.91 Å². The predicted octanol–water partition coefficient (Wildman–Crippen LogP) is 1.38. The number of nitrogens with one attached hydrogen (secondary N) is 2. The molecule has 6 nitrogen and oxygen atoms in total. The summed E-state index contributed by atoms with van der Waals surface area (Å²) >= 11 is 0. The van der Waals surface area contributed by atoms with Crippen LogP contribution in [0.1, 0.15) is 31.1 Å². The van der Waals surface area contributed by atoms with E-state index in [1.807, 2.05) is 13.8 Å². The van der Waals surface area contributed by atoms with Crippen LogP contribution in [0.4, 0.5) is 11.4 Å². The van der Waals surface area contributed by atoms with Crippen LogP contribution in [0.15, 0.2) is 18.2 Å². The molecule has 1 rings (SSSR count). The smallest absolute Gasteiger partial charge is 0.340 e. The Morgan fingerprint density at radius 1 is 1.35 bits per heavy atom. The third-order valence-corrected chi connectivity index (χ3v) is 2.45. The van der Waals surface area contributed by atoms with Gasteiger partial charge in [0.15, 0.2) is 0 Å². The summed E-state index contributed by atoms with van der Waals surface area (Å²) in [5.41, 5.74) is 7.02. The number of esters is 1. The summed E-state index contributed by atoms with van der Waals surface area (Å²) in [7, 11) is 0. The molecule has 110 valence electrons. The van der Waals surface area contributed by atoms with E-state index < -0.39 is 5.97 Å². The van der Waals surface area contributed by atoms with E-state index >= 15 is 0 Å². The Morgan fingerprint density at radius 2 is 2.05 bits per heavy atom. The molecule has 1 aromatic rings. The van der Waals surface area contributed by atoms with Crippen LogP contribution in [0.5, 0.6) is 0 Å². The van der Waals surface area contributed by atoms with Crippen LogP contribution in [-0.4, -0.2) is 31.1 Å². The molecule has 20 heavy (non-hydrogen) atoms. The first kappa shape index (κ1) is 15.8. The first-order chi connectivity index (χ1) is 9.43. The Morgan fingerprint density at radius 3 is 2.65 bits per heavy atom. The van der Waals surface area contributed by atoms with Gasteiger partial charge in [0.1, 0.15) is 0 Å². The molecule has 0 bridgehead atoms. The van der Waals surface area contributed by atoms with Crippen molar-refractivity contribution in [3.8, 4) is 0 Å². The highest BCUT2D eigenvalue weighted by molar-refractivity contribution is 5.96. The number of hydrogen-bond acceptors (Lipinski definition) is 5. The molecule has 0 atom stereocenters. The number of carbonyl (C=O) groups excluding carboxylic acids is 2. The maximum atomic E-state index is 11.7. The lowest BCUT2D eigenvalue weighted by molar-refractivity contribution is -0.119. The van der Waals surface area contributed by atoms with Gasteiger partial charge in [0, 0.05) is 17.4 Å². The van der Waals surface area contributed by atoms with E-state index in [4.69, 9.17) is 10.5 Å². The summed E-state index contributed by atoms with van der Waals surface area (Å²) in [5.74, 6) is -0.588. The summed E-state index contributed by atoms with van der Waals surface area (Å²) in [6.45, 7) is 5.92. The number of nitrogens with two attached hydrogens (primary N) is 1. The number of hydrogen-bond donors (Lipinski definition) is 3. The van der Waals surface area contributed by atoms with Crippen LogP contribution in [-0.2, 0) is 9.53 Å². The number of benzene rings is 1. The van der Waals surface area contributed by atoms with Gasteiger partial charge >= 0.3 is 5.97 Å². The van der Waals surface area contributed by atoms with Crippen LogP contribution < -0.4 is 16.4 Å². The van der Waals surface area contributed by atoms with Crippen molar-refractivity contribution in [1.29, 1.82) is 0 Å². The van der Waals surface area contributed by atoms with Gasteiger partial charge in [-0.3, -0.25) is 4.79 Å². The first-order valence-corrected chi connectivity index (χ1v) is 6.54. The molecule has 0 spiro atoms. The summed E-state index contributed by atoms with van der Waals surface area (Å²) in [5, 5.41) is 5.70. The molecular formula is C14H21N3O3. The quantitative estimate of drug-likeness (QED) is 0.540. The standard InChI is InChI=1S/C14H21N3O3/c1-4-20-14(19)11-7-10(5-6-12(11)15)16-8-13(18)17-9(2)3/h5-7,9,16H,4,8,15H2,1-3H3,(H,17,18). The van der Waals surface area contributed by atoms with Gasteiger partial charge < -0.3 is 21.1 Å². The fourth-order valence-electron chi connectivity index (χ4n) is 1.61. The van der Waals surface area contributed by atoms with Crippen molar-refractivity contribution in [1.82, 2.24) is 5.32 Å². The third kappa shape index (κ3) is 4.79. The molecule has 0 aliphatic rings. The van der Waals surface area contributed by atoms with E-state index in [9.17, 15) is 9.59 Å². The van der Waals surface area contributed by atoms with Crippen molar-refractivity contribution >= 4 is 23.3 Å². The van der Waals surface area contributed by atoms with Crippen LogP contribution >= 0.6 is 0 Å². The number of carbonyl (C=O) groups is 2. The zero-order valence-electron chi connectivity index (χ0n) is 12.0. The largest absolute Gasteiger partial charge is 0.462 e. The Bertz CT molecular complexity index is 487. The topological polar surface area (TPSA) is 93.4 Å². The van der Waals surface area contributed by atoms with Gasteiger partial charge in [-0.1, -0.05) is 0 Å². The molecule has 0 radical (unpaired) electrons. The average molecular weight is 279 g/mol. The first-order valence-electron chi connectivity index (χ1n) is 6.54. The van der Waals surface area contributed by atoms with Crippen LogP contribution in [0.3, 0.4) is 0 Å². The van der Waals surface area contributed by atoms with E-state index in [0.29, 0.717) is 16.9 Å². The molecule has 1 aromatic carbocycles. The minimum atomic E-state index is -0.472. The van der Waals surface area contributed by atoms with Gasteiger partial charge in [0.05, 0.1) is 18.7 Å². The highest BCUT2D eigenvalue weighted by Gasteiger charge is 2.12. The fraction of sp³-hybridized carbons (Fsp3) is 0.429. The number of anilines is 2. The minimum absolute atomic E-state index is 0.0887. The van der Waals surface area contributed by atoms with Crippen LogP contribution in [0, 0.1) is 0 Å². The van der Waals surface area contributed by atoms with Crippen molar-refractivity contribution in [3.05, 3.63) is 23.8 Å². The Kier molecular flexibility index (Phi) is 5.83. The molecular weight excluding hydrogens is 258 g/mol. The molecule has 0 saturated heterocycles. The second-order valence-corrected chi connectivity index (χ2v) is 4.60. The van der Waals surface area contributed by atoms with Crippen molar-refractivity contribution < 1.29 is 14.3 Å². The summed E-state index contributed by atoms with van der Waals surface area (Å²) in [6, 6.07) is 4.98. The molecule has 4 N–H and O–H groups in total. The van der Waals surface area contributed by atoms with Crippen molar-refractivity contribution in [2.75, 3.05) is 24.2 Å². The molecule has 0 fully saturated rings. The lowest BCUT2D eigenvalue weighted by atomic mass is 10.1. The van der Waals surface area contributed by atoms with Gasteiger partial charge in [-0.15, -0.1) is 0 Å². The molecule has 6 heteroatoms. The second-order valence-electron chi connectivity index (χ2n) is 4.60. The third-order valence-electron chi connectivity index (χ3n) is 2.45. The monoisotopic (exact) mass is 279 g/mol. The molecule has 0 heterocycles. The molecule has 0 unspecified atom stereocenters. The minimum Gasteiger partial charge on any atom is -0.462 e. The number of rotatable bonds is 6. The Labute approximate surface area is 118 Å². The zero-order chi connectivity index (χ0) is 15.1. The SMILES string of the molecule is CCOC(=O)c1cc(NCC(=O)NC(C)C)ccc1N. The highest BCUT2D eigenvalue weighted by Crippen LogP contribution is 2.18. The lowest BCUT2D eigenvalue weighted by Gasteiger charge is -2.11. The Hall–Kier alpha value is -2.24. The van der Waals surface area contributed by atoms with Crippen molar-refractivity contribution in [2.24, 2.45) is 0 Å². The van der Waals surface area contributed by atoms with Crippen LogP contribution in [0.2, 0.25) is 0 Å². The normalized spacial score (nSPS) is 10.2. The van der Waals surface area contributed by atoms with Crippen LogP contribution in [0.25, 0.3) is 0 Å². The van der Waals surface area contributed by atoms with Crippen molar-refractivity contribution in [2.45, 2.75) is 26.8 Å². The van der Waals surface area contributed by atoms with E-state index in [-0.39, 0.29) is 25.1 Å². The number of amides is 1. The zero-order valence-corrected chi connectivity index (χ0v) is 12.0. The molecule has 0 aliphatic heterocycles. The van der Waals surface area contributed by atoms with Gasteiger partial charge in [-0.25, -0.2) is 4.79 Å². The summed E-state index contributed by atoms with van der Waals surface area (Å²) < 4.78 is 4.92. The Balaban J connectivity index is 2.70. The van der Waals surface area contributed by atoms with E-state index in [0.717, 1.165) is 0 Å². The van der Waals surface area contributed by atoms with Gasteiger partial charge in [-0.05, 0) is 39.0 Å². The highest BCUT2D eigenvalue weighted by atomic mass is 16.5. The fourth-order valence-corrected chi connectivity index (χ4v) is 1.61. The van der Waals surface area contributed by atoms with Crippen molar-refractivity contribution in [3.63, 3.8) is 0 Å². The predicted molar refractivity (Wildman–Crippen MR) is 78.6 cm³/mol. The molecule has 0 saturated carbocycles. The molecule has 0 aromatic heterocycles. The average Bonchev–Trinajstić information content (AvgIpc) is 2.37. The maximum Gasteiger partial charge on any atom is 0.340 e. The number of ether oxygens (including phenoxy) is 1. The van der Waals surface area contributed by atoms with Gasteiger partial charge in [0.25, 0.3) is 0 Å². The summed E-state index contributed by atoms with van der Waals surface area (Å²) in [6.07, 6.45) is 0.